The van der Waals surface area contributed by atoms with Crippen LogP contribution in [-0.4, -0.2) is 18.4 Å². The normalized spacial score (nSPS) is 10.9. The maximum atomic E-state index is 9.92. The number of rotatable bonds is 3. The van der Waals surface area contributed by atoms with Crippen LogP contribution in [0, 0.1) is 0 Å². The van der Waals surface area contributed by atoms with Gasteiger partial charge < -0.3 is 9.84 Å². The molecule has 0 aliphatic carbocycles. The number of halogens is 2. The van der Waals surface area contributed by atoms with Crippen LogP contribution in [0.1, 0.15) is 5.56 Å². The van der Waals surface area contributed by atoms with Gasteiger partial charge in [-0.3, -0.25) is 4.99 Å². The first-order valence-electron chi connectivity index (χ1n) is 5.47. The van der Waals surface area contributed by atoms with Gasteiger partial charge in [-0.25, -0.2) is 0 Å². The minimum atomic E-state index is 0.0342. The highest BCUT2D eigenvalue weighted by Crippen LogP contribution is 2.33. The van der Waals surface area contributed by atoms with Crippen LogP contribution in [0.25, 0.3) is 0 Å². The van der Waals surface area contributed by atoms with E-state index < -0.39 is 0 Å². The Morgan fingerprint density at radius 2 is 1.89 bits per heavy atom. The van der Waals surface area contributed by atoms with E-state index in [2.05, 4.69) is 4.99 Å². The van der Waals surface area contributed by atoms with Crippen LogP contribution in [0.2, 0.25) is 10.0 Å². The molecule has 0 saturated carbocycles. The summed E-state index contributed by atoms with van der Waals surface area (Å²) in [6.45, 7) is 0. The Kier molecular flexibility index (Phi) is 4.30. The Balaban J connectivity index is 2.35. The molecule has 0 atom stereocenters. The first kappa shape index (κ1) is 13.7. The number of phenolic OH excluding ortho intramolecular Hbond substituents is 1. The highest BCUT2D eigenvalue weighted by molar-refractivity contribution is 6.43. The van der Waals surface area contributed by atoms with E-state index >= 15 is 0 Å². The Bertz CT molecular complexity index is 627. The number of hydrogen-bond donors (Lipinski definition) is 1. The molecule has 2 aromatic carbocycles. The SMILES string of the molecule is COc1cccc(C=Nc2cccc(Cl)c2Cl)c1O. The van der Waals surface area contributed by atoms with Crippen molar-refractivity contribution in [3.05, 3.63) is 52.0 Å². The van der Waals surface area contributed by atoms with Gasteiger partial charge in [-0.15, -0.1) is 0 Å². The van der Waals surface area contributed by atoms with Crippen LogP contribution in [0.3, 0.4) is 0 Å². The number of ether oxygens (including phenoxy) is 1. The number of aliphatic imine (C=N–C) groups is 1. The molecular formula is C14H11Cl2NO2. The number of hydrogen-bond acceptors (Lipinski definition) is 3. The van der Waals surface area contributed by atoms with Gasteiger partial charge in [0, 0.05) is 11.8 Å². The zero-order valence-corrected chi connectivity index (χ0v) is 11.6. The molecular weight excluding hydrogens is 285 g/mol. The average Bonchev–Trinajstić information content (AvgIpc) is 2.42. The van der Waals surface area contributed by atoms with Crippen molar-refractivity contribution in [2.75, 3.05) is 7.11 Å². The number of benzene rings is 2. The van der Waals surface area contributed by atoms with Gasteiger partial charge >= 0.3 is 0 Å². The molecule has 2 aromatic rings. The molecule has 0 bridgehead atoms. The lowest BCUT2D eigenvalue weighted by atomic mass is 10.2. The molecule has 0 amide bonds. The lowest BCUT2D eigenvalue weighted by molar-refractivity contribution is 0.373. The largest absolute Gasteiger partial charge is 0.504 e. The van der Waals surface area contributed by atoms with Crippen molar-refractivity contribution in [1.29, 1.82) is 0 Å². The number of aromatic hydroxyl groups is 1. The minimum absolute atomic E-state index is 0.0342. The van der Waals surface area contributed by atoms with E-state index in [1.807, 2.05) is 0 Å². The third-order valence-electron chi connectivity index (χ3n) is 2.52. The zero-order valence-electron chi connectivity index (χ0n) is 10.1. The van der Waals surface area contributed by atoms with E-state index in [0.29, 0.717) is 27.0 Å². The molecule has 1 N–H and O–H groups in total. The van der Waals surface area contributed by atoms with Crippen LogP contribution in [0.15, 0.2) is 41.4 Å². The second-order valence-corrected chi connectivity index (χ2v) is 4.51. The fraction of sp³-hybridized carbons (Fsp3) is 0.0714. The highest BCUT2D eigenvalue weighted by atomic mass is 35.5. The zero-order chi connectivity index (χ0) is 13.8. The molecule has 0 radical (unpaired) electrons. The predicted octanol–water partition coefficient (Wildman–Crippen LogP) is 4.46. The minimum Gasteiger partial charge on any atom is -0.504 e. The predicted molar refractivity (Wildman–Crippen MR) is 78.4 cm³/mol. The van der Waals surface area contributed by atoms with Crippen molar-refractivity contribution < 1.29 is 9.84 Å². The van der Waals surface area contributed by atoms with Gasteiger partial charge in [-0.05, 0) is 24.3 Å². The molecule has 19 heavy (non-hydrogen) atoms. The Hall–Kier alpha value is -1.71. The van der Waals surface area contributed by atoms with Gasteiger partial charge in [0.2, 0.25) is 0 Å². The summed E-state index contributed by atoms with van der Waals surface area (Å²) in [6, 6.07) is 10.3. The average molecular weight is 296 g/mol. The second kappa shape index (κ2) is 5.95. The summed E-state index contributed by atoms with van der Waals surface area (Å²) < 4.78 is 5.02. The van der Waals surface area contributed by atoms with Crippen LogP contribution in [0.5, 0.6) is 11.5 Å². The Labute approximate surface area is 121 Å². The van der Waals surface area contributed by atoms with Crippen molar-refractivity contribution in [2.24, 2.45) is 4.99 Å². The van der Waals surface area contributed by atoms with E-state index in [9.17, 15) is 5.11 Å². The first-order chi connectivity index (χ1) is 9.13. The summed E-state index contributed by atoms with van der Waals surface area (Å²) >= 11 is 11.9. The van der Waals surface area contributed by atoms with Crippen LogP contribution < -0.4 is 4.74 Å². The maximum absolute atomic E-state index is 9.92. The molecule has 0 heterocycles. The van der Waals surface area contributed by atoms with Gasteiger partial charge in [0.25, 0.3) is 0 Å². The van der Waals surface area contributed by atoms with E-state index in [1.54, 1.807) is 36.4 Å². The first-order valence-corrected chi connectivity index (χ1v) is 6.23. The molecule has 0 aliphatic rings. The third kappa shape index (κ3) is 3.00. The lowest BCUT2D eigenvalue weighted by Gasteiger charge is -2.05. The standard InChI is InChI=1S/C14H11Cl2NO2/c1-19-12-7-2-4-9(14(12)18)8-17-11-6-3-5-10(15)13(11)16/h2-8,18H,1H3. The van der Waals surface area contributed by atoms with Crippen LogP contribution >= 0.6 is 23.2 Å². The lowest BCUT2D eigenvalue weighted by Crippen LogP contribution is -1.88. The molecule has 0 fully saturated rings. The van der Waals surface area contributed by atoms with Gasteiger partial charge in [0.05, 0.1) is 22.8 Å². The monoisotopic (exact) mass is 295 g/mol. The van der Waals surface area contributed by atoms with Crippen molar-refractivity contribution >= 4 is 35.1 Å². The maximum Gasteiger partial charge on any atom is 0.166 e. The molecule has 0 unspecified atom stereocenters. The fourth-order valence-electron chi connectivity index (χ4n) is 1.54. The van der Waals surface area contributed by atoms with E-state index in [0.717, 1.165) is 0 Å². The number of nitrogens with zero attached hydrogens (tertiary/aromatic N) is 1. The van der Waals surface area contributed by atoms with E-state index in [1.165, 1.54) is 13.3 Å². The number of phenols is 1. The smallest absolute Gasteiger partial charge is 0.166 e. The van der Waals surface area contributed by atoms with Gasteiger partial charge in [0.1, 0.15) is 0 Å². The molecule has 0 aromatic heterocycles. The molecule has 2 rings (SSSR count). The van der Waals surface area contributed by atoms with Crippen LogP contribution in [-0.2, 0) is 0 Å². The van der Waals surface area contributed by atoms with Crippen molar-refractivity contribution in [1.82, 2.24) is 0 Å². The van der Waals surface area contributed by atoms with Crippen molar-refractivity contribution in [2.45, 2.75) is 0 Å². The Morgan fingerprint density at radius 3 is 2.63 bits per heavy atom. The molecule has 3 nitrogen and oxygen atoms in total. The quantitative estimate of drug-likeness (QED) is 0.850. The summed E-state index contributed by atoms with van der Waals surface area (Å²) in [5.74, 6) is 0.424. The highest BCUT2D eigenvalue weighted by Gasteiger charge is 2.06. The summed E-state index contributed by atoms with van der Waals surface area (Å²) in [5.41, 5.74) is 1.08. The number of para-hydroxylation sites is 1. The summed E-state index contributed by atoms with van der Waals surface area (Å²) in [7, 11) is 1.49. The summed E-state index contributed by atoms with van der Waals surface area (Å²) in [5, 5.41) is 10.7. The molecule has 98 valence electrons. The molecule has 0 aliphatic heterocycles. The Morgan fingerprint density at radius 1 is 1.16 bits per heavy atom. The van der Waals surface area contributed by atoms with Crippen molar-refractivity contribution in [3.63, 3.8) is 0 Å². The molecule has 0 spiro atoms. The van der Waals surface area contributed by atoms with Gasteiger partial charge in [-0.1, -0.05) is 35.3 Å². The third-order valence-corrected chi connectivity index (χ3v) is 3.33. The van der Waals surface area contributed by atoms with E-state index in [-0.39, 0.29) is 5.75 Å². The van der Waals surface area contributed by atoms with Crippen LogP contribution in [0.4, 0.5) is 5.69 Å². The molecule has 5 heteroatoms. The second-order valence-electron chi connectivity index (χ2n) is 3.73. The van der Waals surface area contributed by atoms with E-state index in [4.69, 9.17) is 27.9 Å². The van der Waals surface area contributed by atoms with Gasteiger partial charge in [-0.2, -0.15) is 0 Å². The van der Waals surface area contributed by atoms with Gasteiger partial charge in [0.15, 0.2) is 11.5 Å². The van der Waals surface area contributed by atoms with Crippen molar-refractivity contribution in [3.8, 4) is 11.5 Å². The molecule has 0 saturated heterocycles. The summed E-state index contributed by atoms with van der Waals surface area (Å²) in [6.07, 6.45) is 1.51. The number of methoxy groups -OCH3 is 1. The fourth-order valence-corrected chi connectivity index (χ4v) is 1.88. The summed E-state index contributed by atoms with van der Waals surface area (Å²) in [4.78, 5) is 4.22. The topological polar surface area (TPSA) is 41.8 Å².